The second kappa shape index (κ2) is 9.74. The summed E-state index contributed by atoms with van der Waals surface area (Å²) < 4.78 is 5.64. The van der Waals surface area contributed by atoms with Crippen LogP contribution in [0.1, 0.15) is 54.4 Å². The first-order valence-electron chi connectivity index (χ1n) is 10.4. The molecule has 2 atom stereocenters. The Kier molecular flexibility index (Phi) is 7.10. The third-order valence-electron chi connectivity index (χ3n) is 5.47. The number of hydrogen-bond donors (Lipinski definition) is 2. The van der Waals surface area contributed by atoms with Crippen molar-refractivity contribution in [3.63, 3.8) is 0 Å². The Hall–Kier alpha value is -2.33. The Balaban J connectivity index is 1.71. The number of hydrogen-bond acceptors (Lipinski definition) is 3. The van der Waals surface area contributed by atoms with Crippen LogP contribution in [0.15, 0.2) is 48.5 Å². The van der Waals surface area contributed by atoms with Gasteiger partial charge in [0.1, 0.15) is 6.10 Å². The van der Waals surface area contributed by atoms with Gasteiger partial charge in [0, 0.05) is 31.5 Å². The van der Waals surface area contributed by atoms with Crippen LogP contribution in [0, 0.1) is 13.8 Å². The average Bonchev–Trinajstić information content (AvgIpc) is 3.13. The predicted molar refractivity (Wildman–Crippen MR) is 114 cm³/mol. The van der Waals surface area contributed by atoms with Gasteiger partial charge >= 0.3 is 6.09 Å². The van der Waals surface area contributed by atoms with Crippen molar-refractivity contribution in [1.29, 1.82) is 0 Å². The van der Waals surface area contributed by atoms with Crippen molar-refractivity contribution in [2.24, 2.45) is 0 Å². The Bertz CT molecular complexity index is 710. The standard InChI is InChI=1S/C24H32N2O2/c1-4-5-14-25-24(27)28-21-15-22(26-16-21)23(19-10-6-17(2)7-11-19)20-12-8-18(3)9-13-20/h6-13,21-23,26H,4-5,14-16H2,1-3H3,(H,25,27)/t21-,22?/m1/s1. The van der Waals surface area contributed by atoms with E-state index in [0.717, 1.165) is 19.3 Å². The fourth-order valence-corrected chi connectivity index (χ4v) is 3.84. The molecule has 4 nitrogen and oxygen atoms in total. The van der Waals surface area contributed by atoms with Gasteiger partial charge in [-0.05, 0) is 31.4 Å². The minimum absolute atomic E-state index is 0.0926. The summed E-state index contributed by atoms with van der Waals surface area (Å²) in [5.74, 6) is 0.234. The molecule has 0 aliphatic carbocycles. The number of unbranched alkanes of at least 4 members (excludes halogenated alkanes) is 1. The molecule has 1 saturated heterocycles. The number of amides is 1. The van der Waals surface area contributed by atoms with E-state index in [1.54, 1.807) is 0 Å². The highest BCUT2D eigenvalue weighted by Gasteiger charge is 2.34. The van der Waals surface area contributed by atoms with Gasteiger partial charge in [-0.1, -0.05) is 73.0 Å². The van der Waals surface area contributed by atoms with E-state index in [4.69, 9.17) is 4.74 Å². The van der Waals surface area contributed by atoms with Crippen LogP contribution in [0.5, 0.6) is 0 Å². The van der Waals surface area contributed by atoms with Crippen molar-refractivity contribution in [3.05, 3.63) is 70.8 Å². The first-order valence-corrected chi connectivity index (χ1v) is 10.4. The third-order valence-corrected chi connectivity index (χ3v) is 5.47. The Morgan fingerprint density at radius 3 is 2.18 bits per heavy atom. The van der Waals surface area contributed by atoms with Gasteiger partial charge in [0.2, 0.25) is 0 Å². The summed E-state index contributed by atoms with van der Waals surface area (Å²) in [5, 5.41) is 6.44. The van der Waals surface area contributed by atoms with Gasteiger partial charge in [-0.2, -0.15) is 0 Å². The summed E-state index contributed by atoms with van der Waals surface area (Å²) >= 11 is 0. The molecule has 1 aliphatic heterocycles. The summed E-state index contributed by atoms with van der Waals surface area (Å²) in [6.07, 6.45) is 2.45. The number of rotatable bonds is 7. The summed E-state index contributed by atoms with van der Waals surface area (Å²) in [5.41, 5.74) is 5.10. The molecule has 0 aromatic heterocycles. The maximum absolute atomic E-state index is 12.0. The predicted octanol–water partition coefficient (Wildman–Crippen LogP) is 4.69. The van der Waals surface area contributed by atoms with Gasteiger partial charge in [-0.15, -0.1) is 0 Å². The van der Waals surface area contributed by atoms with Crippen molar-refractivity contribution >= 4 is 6.09 Å². The molecule has 28 heavy (non-hydrogen) atoms. The van der Waals surface area contributed by atoms with Gasteiger partial charge in [0.15, 0.2) is 0 Å². The molecule has 2 aromatic rings. The monoisotopic (exact) mass is 380 g/mol. The summed E-state index contributed by atoms with van der Waals surface area (Å²) in [6, 6.07) is 17.8. The van der Waals surface area contributed by atoms with Gasteiger partial charge < -0.3 is 15.4 Å². The number of nitrogens with one attached hydrogen (secondary N) is 2. The zero-order valence-corrected chi connectivity index (χ0v) is 17.2. The quantitative estimate of drug-likeness (QED) is 0.685. The molecular weight excluding hydrogens is 348 g/mol. The lowest BCUT2D eigenvalue weighted by Crippen LogP contribution is -2.30. The van der Waals surface area contributed by atoms with E-state index in [9.17, 15) is 4.79 Å². The second-order valence-electron chi connectivity index (χ2n) is 7.86. The van der Waals surface area contributed by atoms with Crippen LogP contribution in [-0.2, 0) is 4.74 Å². The molecule has 1 amide bonds. The molecule has 1 unspecified atom stereocenters. The van der Waals surface area contributed by atoms with Gasteiger partial charge in [0.25, 0.3) is 0 Å². The third kappa shape index (κ3) is 5.35. The van der Waals surface area contributed by atoms with Crippen LogP contribution in [0.2, 0.25) is 0 Å². The van der Waals surface area contributed by atoms with E-state index in [0.29, 0.717) is 13.1 Å². The fourth-order valence-electron chi connectivity index (χ4n) is 3.84. The van der Waals surface area contributed by atoms with E-state index in [2.05, 4.69) is 79.9 Å². The molecule has 150 valence electrons. The molecule has 4 heteroatoms. The topological polar surface area (TPSA) is 50.4 Å². The molecule has 2 N–H and O–H groups in total. The summed E-state index contributed by atoms with van der Waals surface area (Å²) in [4.78, 5) is 12.0. The Morgan fingerprint density at radius 1 is 1.07 bits per heavy atom. The van der Waals surface area contributed by atoms with Crippen molar-refractivity contribution < 1.29 is 9.53 Å². The zero-order valence-electron chi connectivity index (χ0n) is 17.2. The van der Waals surface area contributed by atoms with E-state index in [-0.39, 0.29) is 24.2 Å². The van der Waals surface area contributed by atoms with Crippen molar-refractivity contribution in [1.82, 2.24) is 10.6 Å². The minimum atomic E-state index is -0.303. The summed E-state index contributed by atoms with van der Waals surface area (Å²) in [7, 11) is 0. The normalized spacial score (nSPS) is 19.0. The zero-order chi connectivity index (χ0) is 19.9. The molecule has 0 saturated carbocycles. The van der Waals surface area contributed by atoms with E-state index >= 15 is 0 Å². The molecule has 1 heterocycles. The fraction of sp³-hybridized carbons (Fsp3) is 0.458. The van der Waals surface area contributed by atoms with Crippen LogP contribution in [0.25, 0.3) is 0 Å². The lowest BCUT2D eigenvalue weighted by Gasteiger charge is -2.25. The molecule has 1 aliphatic rings. The maximum atomic E-state index is 12.0. The Morgan fingerprint density at radius 2 is 1.64 bits per heavy atom. The SMILES string of the molecule is CCCCNC(=O)O[C@H]1CNC(C(c2ccc(C)cc2)c2ccc(C)cc2)C1. The molecule has 1 fully saturated rings. The van der Waals surface area contributed by atoms with Crippen LogP contribution in [0.4, 0.5) is 4.79 Å². The summed E-state index contributed by atoms with van der Waals surface area (Å²) in [6.45, 7) is 7.70. The maximum Gasteiger partial charge on any atom is 0.407 e. The highest BCUT2D eigenvalue weighted by molar-refractivity contribution is 5.67. The smallest absolute Gasteiger partial charge is 0.407 e. The van der Waals surface area contributed by atoms with E-state index in [1.807, 2.05) is 0 Å². The number of ether oxygens (including phenoxy) is 1. The van der Waals surface area contributed by atoms with Gasteiger partial charge in [0.05, 0.1) is 0 Å². The highest BCUT2D eigenvalue weighted by atomic mass is 16.6. The highest BCUT2D eigenvalue weighted by Crippen LogP contribution is 2.33. The molecule has 0 radical (unpaired) electrons. The number of carbonyl (C=O) groups is 1. The Labute approximate surface area is 168 Å². The molecule has 0 spiro atoms. The first kappa shape index (κ1) is 20.4. The van der Waals surface area contributed by atoms with E-state index in [1.165, 1.54) is 22.3 Å². The van der Waals surface area contributed by atoms with Crippen LogP contribution in [0.3, 0.4) is 0 Å². The van der Waals surface area contributed by atoms with Crippen LogP contribution < -0.4 is 10.6 Å². The van der Waals surface area contributed by atoms with Crippen molar-refractivity contribution in [2.45, 2.75) is 58.1 Å². The number of carbonyl (C=O) groups excluding carboxylic acids is 1. The number of aryl methyl sites for hydroxylation is 2. The van der Waals surface area contributed by atoms with Gasteiger partial charge in [-0.25, -0.2) is 4.79 Å². The number of alkyl carbamates (subject to hydrolysis) is 1. The molecule has 2 aromatic carbocycles. The van der Waals surface area contributed by atoms with E-state index < -0.39 is 0 Å². The molecule has 3 rings (SSSR count). The van der Waals surface area contributed by atoms with Crippen LogP contribution in [-0.4, -0.2) is 31.3 Å². The number of benzene rings is 2. The average molecular weight is 381 g/mol. The second-order valence-corrected chi connectivity index (χ2v) is 7.86. The lowest BCUT2D eigenvalue weighted by molar-refractivity contribution is 0.106. The van der Waals surface area contributed by atoms with Crippen molar-refractivity contribution in [3.8, 4) is 0 Å². The lowest BCUT2D eigenvalue weighted by atomic mass is 9.83. The molecule has 0 bridgehead atoms. The molecular formula is C24H32N2O2. The van der Waals surface area contributed by atoms with Crippen molar-refractivity contribution in [2.75, 3.05) is 13.1 Å². The van der Waals surface area contributed by atoms with Crippen LogP contribution >= 0.6 is 0 Å². The largest absolute Gasteiger partial charge is 0.445 e. The first-order chi connectivity index (χ1) is 13.6. The van der Waals surface area contributed by atoms with Gasteiger partial charge in [-0.3, -0.25) is 0 Å². The minimum Gasteiger partial charge on any atom is -0.445 e.